The topological polar surface area (TPSA) is 87.2 Å². The number of carbonyl (C=O) groups is 2. The number of sulfonamides is 1. The molecule has 1 amide bonds. The Morgan fingerprint density at radius 3 is 2.19 bits per heavy atom. The van der Waals surface area contributed by atoms with Gasteiger partial charge in [0, 0.05) is 44.4 Å². The molecular weight excluding hydrogens is 418 g/mol. The lowest BCUT2D eigenvalue weighted by Crippen LogP contribution is -2.48. The summed E-state index contributed by atoms with van der Waals surface area (Å²) in [5.74, 6) is 0.379. The first-order valence-electron chi connectivity index (χ1n) is 10.2. The zero-order valence-corrected chi connectivity index (χ0v) is 18.4. The van der Waals surface area contributed by atoms with Gasteiger partial charge in [-0.3, -0.25) is 9.59 Å². The molecule has 0 N–H and O–H groups in total. The molecule has 2 aliphatic rings. The number of benzene rings is 2. The molecular formula is C22H25N3O5S. The molecule has 0 aliphatic carbocycles. The highest BCUT2D eigenvalue weighted by molar-refractivity contribution is 7.89. The largest absolute Gasteiger partial charge is 0.490 e. The predicted molar refractivity (Wildman–Crippen MR) is 117 cm³/mol. The molecule has 0 unspecified atom stereocenters. The minimum absolute atomic E-state index is 0.0150. The molecule has 0 atom stereocenters. The van der Waals surface area contributed by atoms with Crippen molar-refractivity contribution in [2.45, 2.75) is 18.7 Å². The zero-order valence-electron chi connectivity index (χ0n) is 17.6. The van der Waals surface area contributed by atoms with E-state index >= 15 is 0 Å². The van der Waals surface area contributed by atoms with Crippen molar-refractivity contribution in [3.63, 3.8) is 0 Å². The zero-order chi connectivity index (χ0) is 22.2. The van der Waals surface area contributed by atoms with Crippen molar-refractivity contribution in [1.29, 1.82) is 0 Å². The summed E-state index contributed by atoms with van der Waals surface area (Å²) < 4.78 is 33.5. The average molecular weight is 444 g/mol. The van der Waals surface area contributed by atoms with E-state index in [2.05, 4.69) is 4.90 Å². The standard InChI is InChI=1S/C22H25N3O5S/c1-16(26)18-3-5-19(6-4-18)23-9-11-24(12-10-23)31(28,29)20-7-8-22-21(15-20)25(17(2)27)13-14-30-22/h3-8,15H,9-14H2,1-2H3. The number of ether oxygens (including phenoxy) is 1. The molecule has 0 radical (unpaired) electrons. The second kappa shape index (κ2) is 8.32. The number of amides is 1. The summed E-state index contributed by atoms with van der Waals surface area (Å²) in [6.07, 6.45) is 0. The molecule has 164 valence electrons. The van der Waals surface area contributed by atoms with E-state index < -0.39 is 10.0 Å². The first kappa shape index (κ1) is 21.3. The van der Waals surface area contributed by atoms with Gasteiger partial charge in [0.25, 0.3) is 0 Å². The average Bonchev–Trinajstić information content (AvgIpc) is 2.78. The number of hydrogen-bond acceptors (Lipinski definition) is 6. The third-order valence-corrected chi connectivity index (χ3v) is 7.58. The summed E-state index contributed by atoms with van der Waals surface area (Å²) in [6.45, 7) is 5.56. The van der Waals surface area contributed by atoms with E-state index in [9.17, 15) is 18.0 Å². The van der Waals surface area contributed by atoms with Gasteiger partial charge in [0.05, 0.1) is 17.1 Å². The van der Waals surface area contributed by atoms with Crippen LogP contribution in [0.4, 0.5) is 11.4 Å². The lowest BCUT2D eigenvalue weighted by molar-refractivity contribution is -0.116. The van der Waals surface area contributed by atoms with E-state index in [1.165, 1.54) is 30.3 Å². The van der Waals surface area contributed by atoms with Gasteiger partial charge >= 0.3 is 0 Å². The van der Waals surface area contributed by atoms with Crippen molar-refractivity contribution in [1.82, 2.24) is 4.31 Å². The third-order valence-electron chi connectivity index (χ3n) is 5.69. The van der Waals surface area contributed by atoms with Crippen molar-refractivity contribution < 1.29 is 22.7 Å². The number of nitrogens with zero attached hydrogens (tertiary/aromatic N) is 3. The van der Waals surface area contributed by atoms with Crippen LogP contribution in [0.15, 0.2) is 47.4 Å². The van der Waals surface area contributed by atoms with Crippen molar-refractivity contribution in [3.8, 4) is 5.75 Å². The van der Waals surface area contributed by atoms with Crippen LogP contribution in [0.25, 0.3) is 0 Å². The lowest BCUT2D eigenvalue weighted by atomic mass is 10.1. The molecule has 1 fully saturated rings. The minimum Gasteiger partial charge on any atom is -0.490 e. The Morgan fingerprint density at radius 2 is 1.58 bits per heavy atom. The maximum atomic E-state index is 13.2. The highest BCUT2D eigenvalue weighted by Crippen LogP contribution is 2.35. The van der Waals surface area contributed by atoms with Crippen LogP contribution in [0.5, 0.6) is 5.75 Å². The highest BCUT2D eigenvalue weighted by Gasteiger charge is 2.31. The second-order valence-corrected chi connectivity index (χ2v) is 9.58. The van der Waals surface area contributed by atoms with Crippen molar-refractivity contribution >= 4 is 33.1 Å². The molecule has 31 heavy (non-hydrogen) atoms. The van der Waals surface area contributed by atoms with E-state index in [0.29, 0.717) is 56.3 Å². The Hall–Kier alpha value is -2.91. The smallest absolute Gasteiger partial charge is 0.243 e. The molecule has 2 aliphatic heterocycles. The van der Waals surface area contributed by atoms with E-state index in [4.69, 9.17) is 4.74 Å². The molecule has 0 spiro atoms. The van der Waals surface area contributed by atoms with E-state index in [1.54, 1.807) is 23.1 Å². The molecule has 2 heterocycles. The van der Waals surface area contributed by atoms with Gasteiger partial charge in [-0.1, -0.05) is 0 Å². The Morgan fingerprint density at radius 1 is 0.903 bits per heavy atom. The number of Topliss-reactive ketones (excluding diaryl/α,β-unsaturated/α-hetero) is 1. The monoisotopic (exact) mass is 443 g/mol. The Labute approximate surface area is 182 Å². The predicted octanol–water partition coefficient (Wildman–Crippen LogP) is 2.15. The second-order valence-electron chi connectivity index (χ2n) is 7.64. The number of anilines is 2. The summed E-state index contributed by atoms with van der Waals surface area (Å²) in [6, 6.07) is 12.0. The van der Waals surface area contributed by atoms with Crippen LogP contribution in [-0.4, -0.2) is 63.7 Å². The quantitative estimate of drug-likeness (QED) is 0.673. The first-order valence-corrected chi connectivity index (χ1v) is 11.6. The maximum absolute atomic E-state index is 13.2. The molecule has 1 saturated heterocycles. The molecule has 0 aromatic heterocycles. The fourth-order valence-corrected chi connectivity index (χ4v) is 5.37. The molecule has 0 bridgehead atoms. The summed E-state index contributed by atoms with van der Waals surface area (Å²) >= 11 is 0. The molecule has 8 nitrogen and oxygen atoms in total. The number of piperazine rings is 1. The highest BCUT2D eigenvalue weighted by atomic mass is 32.2. The summed E-state index contributed by atoms with van der Waals surface area (Å²) in [7, 11) is -3.70. The third kappa shape index (κ3) is 4.15. The van der Waals surface area contributed by atoms with Crippen molar-refractivity contribution in [2.75, 3.05) is 49.1 Å². The number of hydrogen-bond donors (Lipinski definition) is 0. The van der Waals surface area contributed by atoms with Gasteiger partial charge in [0.2, 0.25) is 15.9 Å². The fraction of sp³-hybridized carbons (Fsp3) is 0.364. The maximum Gasteiger partial charge on any atom is 0.243 e. The van der Waals surface area contributed by atoms with E-state index in [0.717, 1.165) is 5.69 Å². The lowest BCUT2D eigenvalue weighted by Gasteiger charge is -2.35. The normalized spacial score (nSPS) is 17.1. The SMILES string of the molecule is CC(=O)c1ccc(N2CCN(S(=O)(=O)c3ccc4c(c3)N(C(C)=O)CCO4)CC2)cc1. The Kier molecular flexibility index (Phi) is 5.72. The van der Waals surface area contributed by atoms with Crippen LogP contribution in [0.3, 0.4) is 0 Å². The molecule has 2 aromatic rings. The van der Waals surface area contributed by atoms with E-state index in [-0.39, 0.29) is 16.6 Å². The summed E-state index contributed by atoms with van der Waals surface area (Å²) in [5.41, 5.74) is 2.11. The van der Waals surface area contributed by atoms with Gasteiger partial charge < -0.3 is 14.5 Å². The van der Waals surface area contributed by atoms with Crippen molar-refractivity contribution in [2.24, 2.45) is 0 Å². The van der Waals surface area contributed by atoms with Crippen LogP contribution in [-0.2, 0) is 14.8 Å². The summed E-state index contributed by atoms with van der Waals surface area (Å²) in [4.78, 5) is 27.2. The van der Waals surface area contributed by atoms with Gasteiger partial charge in [-0.05, 0) is 49.4 Å². The van der Waals surface area contributed by atoms with Crippen LogP contribution >= 0.6 is 0 Å². The van der Waals surface area contributed by atoms with Crippen LogP contribution < -0.4 is 14.5 Å². The number of carbonyl (C=O) groups excluding carboxylic acids is 2. The molecule has 0 saturated carbocycles. The van der Waals surface area contributed by atoms with Crippen LogP contribution in [0.2, 0.25) is 0 Å². The first-order chi connectivity index (χ1) is 14.8. The van der Waals surface area contributed by atoms with Gasteiger partial charge in [-0.2, -0.15) is 4.31 Å². The van der Waals surface area contributed by atoms with Crippen LogP contribution in [0, 0.1) is 0 Å². The number of ketones is 1. The van der Waals surface area contributed by atoms with Crippen molar-refractivity contribution in [3.05, 3.63) is 48.0 Å². The fourth-order valence-electron chi connectivity index (χ4n) is 3.93. The van der Waals surface area contributed by atoms with Crippen LogP contribution in [0.1, 0.15) is 24.2 Å². The van der Waals surface area contributed by atoms with Gasteiger partial charge in [0.15, 0.2) is 5.78 Å². The number of rotatable bonds is 4. The van der Waals surface area contributed by atoms with Gasteiger partial charge in [-0.15, -0.1) is 0 Å². The molecule has 2 aromatic carbocycles. The Bertz CT molecular complexity index is 1110. The molecule has 4 rings (SSSR count). The van der Waals surface area contributed by atoms with Gasteiger partial charge in [-0.25, -0.2) is 8.42 Å². The van der Waals surface area contributed by atoms with Gasteiger partial charge in [0.1, 0.15) is 12.4 Å². The molecule has 9 heteroatoms. The minimum atomic E-state index is -3.70. The Balaban J connectivity index is 1.50. The summed E-state index contributed by atoms with van der Waals surface area (Å²) in [5, 5.41) is 0. The van der Waals surface area contributed by atoms with E-state index in [1.807, 2.05) is 12.1 Å². The number of fused-ring (bicyclic) bond motifs is 1.